The monoisotopic (exact) mass is 358 g/mol. The summed E-state index contributed by atoms with van der Waals surface area (Å²) >= 11 is 0. The molecule has 0 spiro atoms. The van der Waals surface area contributed by atoms with Crippen molar-refractivity contribution < 1.29 is 23.9 Å². The van der Waals surface area contributed by atoms with Crippen LogP contribution in [-0.4, -0.2) is 58.4 Å². The van der Waals surface area contributed by atoms with Crippen LogP contribution in [0.5, 0.6) is 0 Å². The average molecular weight is 358 g/mol. The van der Waals surface area contributed by atoms with Gasteiger partial charge < -0.3 is 19.3 Å². The fourth-order valence-corrected chi connectivity index (χ4v) is 3.48. The maximum Gasteiger partial charge on any atom is 0.323 e. The van der Waals surface area contributed by atoms with E-state index in [4.69, 9.17) is 9.52 Å². The second kappa shape index (κ2) is 7.59. The Morgan fingerprint density at radius 1 is 1.23 bits per heavy atom. The molecule has 0 saturated carbocycles. The van der Waals surface area contributed by atoms with Crippen molar-refractivity contribution in [1.82, 2.24) is 9.80 Å². The maximum absolute atomic E-state index is 12.8. The van der Waals surface area contributed by atoms with E-state index in [0.29, 0.717) is 43.7 Å². The number of amides is 2. The van der Waals surface area contributed by atoms with E-state index in [1.807, 2.05) is 24.3 Å². The second-order valence-corrected chi connectivity index (χ2v) is 6.57. The van der Waals surface area contributed by atoms with Crippen molar-refractivity contribution in [2.75, 3.05) is 19.6 Å². The standard InChI is InChI=1S/C19H22N2O5/c1-13(22)21(12-18(23)24)15-6-4-9-20(10-8-15)19(25)17-11-14-5-2-3-7-16(14)26-17/h2-3,5,7,11,15H,4,6,8-10,12H2,1H3,(H,23,24)/t15-/m1/s1. The molecule has 0 unspecified atom stereocenters. The average Bonchev–Trinajstić information content (AvgIpc) is 2.89. The molecule has 26 heavy (non-hydrogen) atoms. The predicted octanol–water partition coefficient (Wildman–Crippen LogP) is 2.36. The number of carbonyl (C=O) groups is 3. The van der Waals surface area contributed by atoms with E-state index in [1.165, 1.54) is 11.8 Å². The van der Waals surface area contributed by atoms with E-state index < -0.39 is 5.97 Å². The zero-order chi connectivity index (χ0) is 18.7. The number of hydrogen-bond acceptors (Lipinski definition) is 4. The van der Waals surface area contributed by atoms with Gasteiger partial charge in [0.15, 0.2) is 5.76 Å². The Labute approximate surface area is 151 Å². The summed E-state index contributed by atoms with van der Waals surface area (Å²) in [5, 5.41) is 9.90. The van der Waals surface area contributed by atoms with Crippen LogP contribution < -0.4 is 0 Å². The second-order valence-electron chi connectivity index (χ2n) is 6.57. The number of aliphatic carboxylic acids is 1. The molecule has 1 aliphatic rings. The number of carboxylic acid groups (broad SMARTS) is 1. The molecule has 1 aliphatic heterocycles. The van der Waals surface area contributed by atoms with Crippen LogP contribution in [0, 0.1) is 0 Å². The highest BCUT2D eigenvalue weighted by Crippen LogP contribution is 2.23. The van der Waals surface area contributed by atoms with Crippen LogP contribution >= 0.6 is 0 Å². The first kappa shape index (κ1) is 18.0. The molecular weight excluding hydrogens is 336 g/mol. The smallest absolute Gasteiger partial charge is 0.323 e. The SMILES string of the molecule is CC(=O)N(CC(=O)O)[C@@H]1CCCN(C(=O)c2cc3ccccc3o2)CC1. The van der Waals surface area contributed by atoms with Crippen molar-refractivity contribution in [2.45, 2.75) is 32.2 Å². The molecule has 1 aromatic carbocycles. The molecule has 138 valence electrons. The van der Waals surface area contributed by atoms with Crippen molar-refractivity contribution in [1.29, 1.82) is 0 Å². The largest absolute Gasteiger partial charge is 0.480 e. The fourth-order valence-electron chi connectivity index (χ4n) is 3.48. The van der Waals surface area contributed by atoms with Gasteiger partial charge in [0.1, 0.15) is 12.1 Å². The third-order valence-electron chi connectivity index (χ3n) is 4.77. The van der Waals surface area contributed by atoms with Gasteiger partial charge in [-0.25, -0.2) is 0 Å². The van der Waals surface area contributed by atoms with Gasteiger partial charge in [-0.15, -0.1) is 0 Å². The number of benzene rings is 1. The lowest BCUT2D eigenvalue weighted by molar-refractivity contribution is -0.145. The van der Waals surface area contributed by atoms with Crippen molar-refractivity contribution >= 4 is 28.8 Å². The minimum atomic E-state index is -1.03. The predicted molar refractivity (Wildman–Crippen MR) is 94.8 cm³/mol. The van der Waals surface area contributed by atoms with Crippen LogP contribution in [0.15, 0.2) is 34.7 Å². The first-order valence-electron chi connectivity index (χ1n) is 8.72. The summed E-state index contributed by atoms with van der Waals surface area (Å²) in [6, 6.07) is 9.03. The van der Waals surface area contributed by atoms with Crippen LogP contribution in [-0.2, 0) is 9.59 Å². The lowest BCUT2D eigenvalue weighted by Crippen LogP contribution is -2.43. The number of carbonyl (C=O) groups excluding carboxylic acids is 2. The van der Waals surface area contributed by atoms with Crippen LogP contribution in [0.25, 0.3) is 11.0 Å². The summed E-state index contributed by atoms with van der Waals surface area (Å²) in [4.78, 5) is 38.7. The van der Waals surface area contributed by atoms with Gasteiger partial charge in [0.25, 0.3) is 5.91 Å². The minimum Gasteiger partial charge on any atom is -0.480 e. The van der Waals surface area contributed by atoms with E-state index in [2.05, 4.69) is 0 Å². The molecule has 3 rings (SSSR count). The quantitative estimate of drug-likeness (QED) is 0.906. The van der Waals surface area contributed by atoms with Gasteiger partial charge in [0.2, 0.25) is 5.91 Å². The van der Waals surface area contributed by atoms with Gasteiger partial charge >= 0.3 is 5.97 Å². The van der Waals surface area contributed by atoms with Crippen LogP contribution in [0.3, 0.4) is 0 Å². The first-order valence-corrected chi connectivity index (χ1v) is 8.72. The summed E-state index contributed by atoms with van der Waals surface area (Å²) < 4.78 is 5.66. The van der Waals surface area contributed by atoms with Gasteiger partial charge in [-0.1, -0.05) is 18.2 Å². The summed E-state index contributed by atoms with van der Waals surface area (Å²) in [6.07, 6.45) is 1.94. The Morgan fingerprint density at radius 2 is 2.00 bits per heavy atom. The molecule has 0 bridgehead atoms. The van der Waals surface area contributed by atoms with E-state index in [-0.39, 0.29) is 24.4 Å². The minimum absolute atomic E-state index is 0.169. The number of carboxylic acids is 1. The number of likely N-dealkylation sites (tertiary alicyclic amines) is 1. The van der Waals surface area contributed by atoms with Crippen molar-refractivity contribution in [2.24, 2.45) is 0 Å². The van der Waals surface area contributed by atoms with Gasteiger partial charge in [0, 0.05) is 31.4 Å². The number of hydrogen-bond donors (Lipinski definition) is 1. The van der Waals surface area contributed by atoms with E-state index in [1.54, 1.807) is 11.0 Å². The molecule has 7 nitrogen and oxygen atoms in total. The third kappa shape index (κ3) is 3.87. The molecular formula is C19H22N2O5. The van der Waals surface area contributed by atoms with E-state index in [0.717, 1.165) is 5.39 Å². The molecule has 1 N–H and O–H groups in total. The third-order valence-corrected chi connectivity index (χ3v) is 4.77. The summed E-state index contributed by atoms with van der Waals surface area (Å²) in [5.41, 5.74) is 0.674. The highest BCUT2D eigenvalue weighted by molar-refractivity contribution is 5.96. The molecule has 1 saturated heterocycles. The Balaban J connectivity index is 1.70. The van der Waals surface area contributed by atoms with Gasteiger partial charge in [-0.2, -0.15) is 0 Å². The zero-order valence-corrected chi connectivity index (χ0v) is 14.7. The van der Waals surface area contributed by atoms with Crippen molar-refractivity contribution in [3.8, 4) is 0 Å². The van der Waals surface area contributed by atoms with Crippen LogP contribution in [0.1, 0.15) is 36.7 Å². The van der Waals surface area contributed by atoms with Gasteiger partial charge in [-0.05, 0) is 31.4 Å². The Bertz CT molecular complexity index is 795. The number of fused-ring (bicyclic) bond motifs is 1. The molecule has 1 fully saturated rings. The topological polar surface area (TPSA) is 91.1 Å². The Morgan fingerprint density at radius 3 is 2.69 bits per heavy atom. The molecule has 0 radical (unpaired) electrons. The van der Waals surface area contributed by atoms with Crippen LogP contribution in [0.4, 0.5) is 0 Å². The number of para-hydroxylation sites is 1. The lowest BCUT2D eigenvalue weighted by atomic mass is 10.1. The van der Waals surface area contributed by atoms with E-state index in [9.17, 15) is 14.4 Å². The Kier molecular flexibility index (Phi) is 5.25. The highest BCUT2D eigenvalue weighted by atomic mass is 16.4. The summed E-state index contributed by atoms with van der Waals surface area (Å²) in [5.74, 6) is -1.15. The maximum atomic E-state index is 12.8. The fraction of sp³-hybridized carbons (Fsp3) is 0.421. The number of rotatable bonds is 4. The lowest BCUT2D eigenvalue weighted by Gasteiger charge is -2.28. The molecule has 2 heterocycles. The van der Waals surface area contributed by atoms with Crippen molar-refractivity contribution in [3.63, 3.8) is 0 Å². The van der Waals surface area contributed by atoms with E-state index >= 15 is 0 Å². The number of nitrogens with zero attached hydrogens (tertiary/aromatic N) is 2. The molecule has 1 aromatic heterocycles. The summed E-state index contributed by atoms with van der Waals surface area (Å²) in [7, 11) is 0. The molecule has 2 aromatic rings. The van der Waals surface area contributed by atoms with Gasteiger partial charge in [-0.3, -0.25) is 14.4 Å². The number of furan rings is 1. The highest BCUT2D eigenvalue weighted by Gasteiger charge is 2.28. The molecule has 2 amide bonds. The van der Waals surface area contributed by atoms with Gasteiger partial charge in [0.05, 0.1) is 0 Å². The molecule has 7 heteroatoms. The van der Waals surface area contributed by atoms with Crippen molar-refractivity contribution in [3.05, 3.63) is 36.1 Å². The first-order chi connectivity index (χ1) is 12.5. The summed E-state index contributed by atoms with van der Waals surface area (Å²) in [6.45, 7) is 2.10. The zero-order valence-electron chi connectivity index (χ0n) is 14.7. The molecule has 1 atom stereocenters. The normalized spacial score (nSPS) is 17.7. The Hall–Kier alpha value is -2.83. The molecule has 0 aliphatic carbocycles. The van der Waals surface area contributed by atoms with Crippen LogP contribution in [0.2, 0.25) is 0 Å².